The van der Waals surface area contributed by atoms with Crippen LogP contribution in [0, 0.1) is 0 Å². The average Bonchev–Trinajstić information content (AvgIpc) is 3.07. The summed E-state index contributed by atoms with van der Waals surface area (Å²) in [5.74, 6) is 0.586. The number of aromatic nitrogens is 2. The van der Waals surface area contributed by atoms with Crippen molar-refractivity contribution in [1.29, 1.82) is 0 Å². The van der Waals surface area contributed by atoms with Gasteiger partial charge in [0.25, 0.3) is 10.0 Å². The smallest absolute Gasteiger partial charge is 0.274 e. The van der Waals surface area contributed by atoms with Crippen molar-refractivity contribution in [1.82, 2.24) is 20.2 Å². The Labute approximate surface area is 117 Å². The Kier molecular flexibility index (Phi) is 4.58. The molecule has 0 aromatic carbocycles. The van der Waals surface area contributed by atoms with Crippen molar-refractivity contribution in [3.8, 4) is 0 Å². The first-order valence-electron chi connectivity index (χ1n) is 6.33. The topological polar surface area (TPSA) is 100 Å². The third-order valence-electron chi connectivity index (χ3n) is 2.80. The molecular formula is C12H18N4O3S. The molecule has 1 unspecified atom stereocenters. The molecule has 7 nitrogen and oxygen atoms in total. The predicted octanol–water partition coefficient (Wildman–Crippen LogP) is 1.15. The zero-order valence-electron chi connectivity index (χ0n) is 11.4. The second kappa shape index (κ2) is 6.21. The van der Waals surface area contributed by atoms with Crippen molar-refractivity contribution < 1.29 is 12.8 Å². The van der Waals surface area contributed by atoms with Crippen LogP contribution in [-0.2, 0) is 16.6 Å². The summed E-state index contributed by atoms with van der Waals surface area (Å²) >= 11 is 0. The van der Waals surface area contributed by atoms with Gasteiger partial charge in [0.05, 0.1) is 12.7 Å². The molecule has 0 fully saturated rings. The van der Waals surface area contributed by atoms with Crippen LogP contribution in [0.1, 0.15) is 31.2 Å². The first kappa shape index (κ1) is 14.8. The number of hydrogen-bond donors (Lipinski definition) is 3. The van der Waals surface area contributed by atoms with Crippen molar-refractivity contribution in [2.75, 3.05) is 6.54 Å². The molecule has 0 saturated carbocycles. The van der Waals surface area contributed by atoms with Crippen molar-refractivity contribution >= 4 is 10.0 Å². The predicted molar refractivity (Wildman–Crippen MR) is 73.4 cm³/mol. The highest BCUT2D eigenvalue weighted by molar-refractivity contribution is 7.89. The molecule has 110 valence electrons. The molecule has 1 atom stereocenters. The van der Waals surface area contributed by atoms with Gasteiger partial charge >= 0.3 is 0 Å². The maximum absolute atomic E-state index is 12.2. The lowest BCUT2D eigenvalue weighted by Gasteiger charge is -2.10. The number of H-pyrrole nitrogens is 1. The summed E-state index contributed by atoms with van der Waals surface area (Å²) in [7, 11) is -3.68. The summed E-state index contributed by atoms with van der Waals surface area (Å²) in [6.45, 7) is 5.00. The molecular weight excluding hydrogens is 280 g/mol. The summed E-state index contributed by atoms with van der Waals surface area (Å²) in [5.41, 5.74) is 0.757. The molecule has 0 aliphatic rings. The van der Waals surface area contributed by atoms with Gasteiger partial charge in [0, 0.05) is 17.8 Å². The quantitative estimate of drug-likeness (QED) is 0.712. The minimum Gasteiger partial charge on any atom is -0.447 e. The Morgan fingerprint density at radius 2 is 2.25 bits per heavy atom. The van der Waals surface area contributed by atoms with E-state index in [2.05, 4.69) is 20.2 Å². The lowest BCUT2D eigenvalue weighted by molar-refractivity contribution is 0.400. The Balaban J connectivity index is 2.08. The zero-order valence-corrected chi connectivity index (χ0v) is 12.2. The molecule has 0 spiro atoms. The van der Waals surface area contributed by atoms with E-state index in [1.165, 1.54) is 6.07 Å². The fourth-order valence-corrected chi connectivity index (χ4v) is 2.88. The monoisotopic (exact) mass is 298 g/mol. The number of nitrogens with zero attached hydrogens (tertiary/aromatic N) is 1. The van der Waals surface area contributed by atoms with Gasteiger partial charge in [0.15, 0.2) is 0 Å². The number of nitrogens with one attached hydrogen (secondary N) is 3. The Bertz CT molecular complexity index is 633. The van der Waals surface area contributed by atoms with Crippen LogP contribution in [0.25, 0.3) is 0 Å². The van der Waals surface area contributed by atoms with Gasteiger partial charge in [-0.05, 0) is 25.6 Å². The SMILES string of the molecule is CCNCc1ccc(S(=O)(=O)NC(C)c2cn[nH]c2)o1. The summed E-state index contributed by atoms with van der Waals surface area (Å²) in [5, 5.41) is 9.43. The van der Waals surface area contributed by atoms with E-state index >= 15 is 0 Å². The molecule has 20 heavy (non-hydrogen) atoms. The third-order valence-corrected chi connectivity index (χ3v) is 4.22. The molecule has 2 aromatic rings. The molecule has 0 radical (unpaired) electrons. The van der Waals surface area contributed by atoms with Crippen molar-refractivity contribution in [2.24, 2.45) is 0 Å². The van der Waals surface area contributed by atoms with Crippen LogP contribution >= 0.6 is 0 Å². The van der Waals surface area contributed by atoms with E-state index in [9.17, 15) is 8.42 Å². The number of rotatable bonds is 7. The Morgan fingerprint density at radius 1 is 1.45 bits per heavy atom. The second-order valence-corrected chi connectivity index (χ2v) is 6.02. The molecule has 2 rings (SSSR count). The van der Waals surface area contributed by atoms with Gasteiger partial charge < -0.3 is 9.73 Å². The van der Waals surface area contributed by atoms with Crippen molar-refractivity contribution in [3.63, 3.8) is 0 Å². The van der Waals surface area contributed by atoms with E-state index in [4.69, 9.17) is 4.42 Å². The van der Waals surface area contributed by atoms with Gasteiger partial charge in [-0.25, -0.2) is 13.1 Å². The van der Waals surface area contributed by atoms with Crippen LogP contribution < -0.4 is 10.0 Å². The van der Waals surface area contributed by atoms with Gasteiger partial charge in [0.1, 0.15) is 5.76 Å². The maximum atomic E-state index is 12.2. The van der Waals surface area contributed by atoms with E-state index in [1.54, 1.807) is 25.4 Å². The average molecular weight is 298 g/mol. The van der Waals surface area contributed by atoms with Crippen LogP contribution in [-0.4, -0.2) is 25.2 Å². The minimum absolute atomic E-state index is 0.0826. The lowest BCUT2D eigenvalue weighted by atomic mass is 10.2. The summed E-state index contributed by atoms with van der Waals surface area (Å²) < 4.78 is 32.2. The molecule has 0 aliphatic carbocycles. The Morgan fingerprint density at radius 3 is 2.90 bits per heavy atom. The summed E-state index contributed by atoms with van der Waals surface area (Å²) in [4.78, 5) is 0. The zero-order chi connectivity index (χ0) is 14.6. The van der Waals surface area contributed by atoms with E-state index < -0.39 is 10.0 Å². The molecule has 0 aliphatic heterocycles. The highest BCUT2D eigenvalue weighted by Crippen LogP contribution is 2.18. The first-order valence-corrected chi connectivity index (χ1v) is 7.81. The number of furan rings is 1. The molecule has 2 heterocycles. The van der Waals surface area contributed by atoms with Crippen LogP contribution in [0.4, 0.5) is 0 Å². The van der Waals surface area contributed by atoms with Crippen LogP contribution in [0.2, 0.25) is 0 Å². The second-order valence-electron chi connectivity index (χ2n) is 4.38. The van der Waals surface area contributed by atoms with E-state index in [1.807, 2.05) is 6.92 Å². The number of sulfonamides is 1. The minimum atomic E-state index is -3.68. The molecule has 3 N–H and O–H groups in total. The van der Waals surface area contributed by atoms with Gasteiger partial charge in [-0.3, -0.25) is 5.10 Å². The largest absolute Gasteiger partial charge is 0.447 e. The van der Waals surface area contributed by atoms with Gasteiger partial charge in [-0.15, -0.1) is 0 Å². The highest BCUT2D eigenvalue weighted by atomic mass is 32.2. The van der Waals surface area contributed by atoms with Crippen LogP contribution in [0.3, 0.4) is 0 Å². The Hall–Kier alpha value is -1.64. The fraction of sp³-hybridized carbons (Fsp3) is 0.417. The number of hydrogen-bond acceptors (Lipinski definition) is 5. The molecule has 0 bridgehead atoms. The van der Waals surface area contributed by atoms with E-state index in [0.29, 0.717) is 12.3 Å². The highest BCUT2D eigenvalue weighted by Gasteiger charge is 2.22. The first-order chi connectivity index (χ1) is 9.53. The van der Waals surface area contributed by atoms with E-state index in [-0.39, 0.29) is 11.1 Å². The van der Waals surface area contributed by atoms with Crippen molar-refractivity contribution in [2.45, 2.75) is 31.5 Å². The van der Waals surface area contributed by atoms with Crippen LogP contribution in [0.5, 0.6) is 0 Å². The summed E-state index contributed by atoms with van der Waals surface area (Å²) in [6, 6.07) is 2.72. The maximum Gasteiger partial charge on any atom is 0.274 e. The van der Waals surface area contributed by atoms with Crippen LogP contribution in [0.15, 0.2) is 34.0 Å². The van der Waals surface area contributed by atoms with Crippen molar-refractivity contribution in [3.05, 3.63) is 35.9 Å². The van der Waals surface area contributed by atoms with Gasteiger partial charge in [-0.2, -0.15) is 5.10 Å². The number of aromatic amines is 1. The van der Waals surface area contributed by atoms with E-state index in [0.717, 1.165) is 12.1 Å². The molecule has 8 heteroatoms. The fourth-order valence-electron chi connectivity index (χ4n) is 1.70. The normalized spacial score (nSPS) is 13.5. The lowest BCUT2D eigenvalue weighted by Crippen LogP contribution is -2.26. The van der Waals surface area contributed by atoms with Gasteiger partial charge in [0.2, 0.25) is 5.09 Å². The molecule has 0 saturated heterocycles. The molecule has 0 amide bonds. The molecule has 2 aromatic heterocycles. The third kappa shape index (κ3) is 3.47. The van der Waals surface area contributed by atoms with Gasteiger partial charge in [-0.1, -0.05) is 6.92 Å². The summed E-state index contributed by atoms with van der Waals surface area (Å²) in [6.07, 6.45) is 3.22. The standard InChI is InChI=1S/C12H18N4O3S/c1-3-13-8-11-4-5-12(19-11)20(17,18)16-9(2)10-6-14-15-7-10/h4-7,9,13,16H,3,8H2,1-2H3,(H,14,15).